The van der Waals surface area contributed by atoms with Gasteiger partial charge in [-0.05, 0) is 18.4 Å². The van der Waals surface area contributed by atoms with Crippen molar-refractivity contribution in [2.75, 3.05) is 11.9 Å². The zero-order valence-electron chi connectivity index (χ0n) is 10.8. The van der Waals surface area contributed by atoms with E-state index in [2.05, 4.69) is 36.3 Å². The molecule has 0 radical (unpaired) electrons. The van der Waals surface area contributed by atoms with Gasteiger partial charge in [0.1, 0.15) is 6.07 Å². The second-order valence-corrected chi connectivity index (χ2v) is 4.25. The average molecular weight is 239 g/mol. The number of aromatic nitrogens is 1. The number of fused-ring (bicyclic) bond motifs is 1. The topological polar surface area (TPSA) is 48.7 Å². The Balaban J connectivity index is 2.66. The summed E-state index contributed by atoms with van der Waals surface area (Å²) in [5, 5.41) is 13.6. The second kappa shape index (κ2) is 5.50. The van der Waals surface area contributed by atoms with E-state index >= 15 is 0 Å². The van der Waals surface area contributed by atoms with Crippen molar-refractivity contribution in [3.63, 3.8) is 0 Å². The highest BCUT2D eigenvalue weighted by molar-refractivity contribution is 5.95. The zero-order valence-corrected chi connectivity index (χ0v) is 10.8. The van der Waals surface area contributed by atoms with Crippen molar-refractivity contribution in [3.8, 4) is 6.07 Å². The minimum absolute atomic E-state index is 0.615. The Morgan fingerprint density at radius 1 is 1.33 bits per heavy atom. The predicted octanol–water partition coefficient (Wildman–Crippen LogP) is 3.49. The number of nitrogens with one attached hydrogen (secondary N) is 1. The molecule has 0 saturated heterocycles. The van der Waals surface area contributed by atoms with Crippen LogP contribution in [-0.4, -0.2) is 11.5 Å². The van der Waals surface area contributed by atoms with Crippen LogP contribution in [0.2, 0.25) is 0 Å². The highest BCUT2D eigenvalue weighted by atomic mass is 14.9. The van der Waals surface area contributed by atoms with Crippen molar-refractivity contribution in [2.45, 2.75) is 26.7 Å². The number of hydrogen-bond acceptors (Lipinski definition) is 3. The van der Waals surface area contributed by atoms with Gasteiger partial charge in [-0.15, -0.1) is 0 Å². The van der Waals surface area contributed by atoms with Crippen LogP contribution in [-0.2, 0) is 6.42 Å². The lowest BCUT2D eigenvalue weighted by Gasteiger charge is -2.12. The maximum Gasteiger partial charge on any atom is 0.103 e. The molecule has 1 heterocycles. The van der Waals surface area contributed by atoms with Gasteiger partial charge in [-0.2, -0.15) is 5.26 Å². The smallest absolute Gasteiger partial charge is 0.103 e. The molecule has 0 spiro atoms. The summed E-state index contributed by atoms with van der Waals surface area (Å²) in [7, 11) is 0. The van der Waals surface area contributed by atoms with Gasteiger partial charge in [0.05, 0.1) is 16.8 Å². The molecule has 0 aliphatic carbocycles. The average Bonchev–Trinajstić information content (AvgIpc) is 2.43. The van der Waals surface area contributed by atoms with Crippen molar-refractivity contribution < 1.29 is 0 Å². The number of pyridine rings is 1. The number of hydrogen-bond donors (Lipinski definition) is 1. The van der Waals surface area contributed by atoms with Crippen LogP contribution in [0.3, 0.4) is 0 Å². The lowest BCUT2D eigenvalue weighted by Crippen LogP contribution is -2.04. The number of nitriles is 1. The quantitative estimate of drug-likeness (QED) is 0.888. The monoisotopic (exact) mass is 239 g/mol. The molecule has 1 aromatic heterocycles. The molecule has 0 fully saturated rings. The van der Waals surface area contributed by atoms with Crippen LogP contribution in [0.5, 0.6) is 0 Å². The van der Waals surface area contributed by atoms with Crippen molar-refractivity contribution in [3.05, 3.63) is 35.5 Å². The molecule has 2 rings (SSSR count). The summed E-state index contributed by atoms with van der Waals surface area (Å²) in [5.74, 6) is 0. The van der Waals surface area contributed by atoms with Crippen LogP contribution in [0.1, 0.15) is 31.4 Å². The van der Waals surface area contributed by atoms with Gasteiger partial charge in [0.25, 0.3) is 0 Å². The molecule has 0 aliphatic heterocycles. The summed E-state index contributed by atoms with van der Waals surface area (Å²) >= 11 is 0. The summed E-state index contributed by atoms with van der Waals surface area (Å²) in [6.07, 6.45) is 3.64. The van der Waals surface area contributed by atoms with Crippen molar-refractivity contribution in [1.29, 1.82) is 5.26 Å². The molecule has 0 aliphatic rings. The second-order valence-electron chi connectivity index (χ2n) is 4.25. The largest absolute Gasteiger partial charge is 0.383 e. The number of para-hydroxylation sites is 1. The summed E-state index contributed by atoms with van der Waals surface area (Å²) in [6.45, 7) is 5.10. The van der Waals surface area contributed by atoms with Crippen molar-refractivity contribution in [1.82, 2.24) is 4.98 Å². The molecule has 0 atom stereocenters. The third-order valence-corrected chi connectivity index (χ3v) is 3.03. The van der Waals surface area contributed by atoms with Gasteiger partial charge in [0, 0.05) is 18.1 Å². The Hall–Kier alpha value is -2.08. The molecule has 2 aromatic rings. The van der Waals surface area contributed by atoms with Crippen molar-refractivity contribution in [2.24, 2.45) is 0 Å². The first-order valence-corrected chi connectivity index (χ1v) is 6.36. The van der Waals surface area contributed by atoms with Crippen molar-refractivity contribution >= 4 is 16.6 Å². The Labute approximate surface area is 107 Å². The van der Waals surface area contributed by atoms with Gasteiger partial charge < -0.3 is 5.32 Å². The molecular weight excluding hydrogens is 222 g/mol. The number of nitrogens with zero attached hydrogens (tertiary/aromatic N) is 2. The normalized spacial score (nSPS) is 10.3. The lowest BCUT2D eigenvalue weighted by atomic mass is 10.0. The first kappa shape index (κ1) is 12.4. The summed E-state index contributed by atoms with van der Waals surface area (Å²) in [4.78, 5) is 4.43. The Morgan fingerprint density at radius 3 is 2.83 bits per heavy atom. The highest BCUT2D eigenvalue weighted by Gasteiger charge is 2.09. The minimum atomic E-state index is 0.615. The van der Waals surface area contributed by atoms with E-state index in [1.165, 1.54) is 5.56 Å². The van der Waals surface area contributed by atoms with Gasteiger partial charge in [-0.1, -0.05) is 32.0 Å². The summed E-state index contributed by atoms with van der Waals surface area (Å²) < 4.78 is 0. The molecule has 0 unspecified atom stereocenters. The fraction of sp³-hybridized carbons (Fsp3) is 0.333. The minimum Gasteiger partial charge on any atom is -0.383 e. The van der Waals surface area contributed by atoms with Gasteiger partial charge in [0.15, 0.2) is 0 Å². The summed E-state index contributed by atoms with van der Waals surface area (Å²) in [6, 6.07) is 8.35. The molecule has 3 nitrogen and oxygen atoms in total. The van der Waals surface area contributed by atoms with E-state index in [0.29, 0.717) is 5.56 Å². The van der Waals surface area contributed by atoms with E-state index in [-0.39, 0.29) is 0 Å². The van der Waals surface area contributed by atoms with Crippen LogP contribution in [0.15, 0.2) is 24.4 Å². The molecule has 92 valence electrons. The molecule has 0 amide bonds. The first-order valence-electron chi connectivity index (χ1n) is 6.36. The molecular formula is C15H17N3. The zero-order chi connectivity index (χ0) is 13.0. The molecule has 0 bridgehead atoms. The van der Waals surface area contributed by atoms with Crippen LogP contribution in [0, 0.1) is 11.3 Å². The molecule has 3 heteroatoms. The van der Waals surface area contributed by atoms with Gasteiger partial charge >= 0.3 is 0 Å². The Bertz CT molecular complexity index is 596. The van der Waals surface area contributed by atoms with E-state index in [1.54, 1.807) is 6.20 Å². The Morgan fingerprint density at radius 2 is 2.17 bits per heavy atom. The van der Waals surface area contributed by atoms with E-state index in [1.807, 2.05) is 12.1 Å². The number of anilines is 1. The highest BCUT2D eigenvalue weighted by Crippen LogP contribution is 2.27. The third kappa shape index (κ3) is 2.14. The third-order valence-electron chi connectivity index (χ3n) is 3.03. The molecule has 1 N–H and O–H groups in total. The van der Waals surface area contributed by atoms with Crippen LogP contribution in [0.4, 0.5) is 5.69 Å². The van der Waals surface area contributed by atoms with Gasteiger partial charge in [-0.25, -0.2) is 0 Å². The predicted molar refractivity (Wildman–Crippen MR) is 74.6 cm³/mol. The first-order chi connectivity index (χ1) is 8.81. The molecule has 18 heavy (non-hydrogen) atoms. The molecule has 1 aromatic carbocycles. The lowest BCUT2D eigenvalue weighted by molar-refractivity contribution is 0.980. The van der Waals surface area contributed by atoms with Gasteiger partial charge in [-0.3, -0.25) is 4.98 Å². The fourth-order valence-electron chi connectivity index (χ4n) is 2.09. The van der Waals surface area contributed by atoms with E-state index in [4.69, 9.17) is 0 Å². The van der Waals surface area contributed by atoms with Crippen LogP contribution >= 0.6 is 0 Å². The fourth-order valence-corrected chi connectivity index (χ4v) is 2.09. The van der Waals surface area contributed by atoms with E-state index in [9.17, 15) is 5.26 Å². The number of rotatable bonds is 4. The van der Waals surface area contributed by atoms with Crippen LogP contribution < -0.4 is 5.32 Å². The SMILES string of the molecule is CCCNc1c(C#N)cnc2c(CC)cccc12. The van der Waals surface area contributed by atoms with E-state index < -0.39 is 0 Å². The van der Waals surface area contributed by atoms with Crippen LogP contribution in [0.25, 0.3) is 10.9 Å². The summed E-state index contributed by atoms with van der Waals surface area (Å²) in [5.41, 5.74) is 3.75. The van der Waals surface area contributed by atoms with Gasteiger partial charge in [0.2, 0.25) is 0 Å². The maximum absolute atomic E-state index is 9.17. The molecule has 0 saturated carbocycles. The van der Waals surface area contributed by atoms with E-state index in [0.717, 1.165) is 36.0 Å². The number of aryl methyl sites for hydroxylation is 1. The number of benzene rings is 1. The Kier molecular flexibility index (Phi) is 3.78. The standard InChI is InChI=1S/C15H17N3/c1-3-8-17-15-12(9-16)10-18-14-11(4-2)6-5-7-13(14)15/h5-7,10H,3-4,8H2,1-2H3,(H,17,18). The maximum atomic E-state index is 9.17.